The lowest BCUT2D eigenvalue weighted by atomic mass is 10.1. The molecule has 2 nitrogen and oxygen atoms in total. The Morgan fingerprint density at radius 3 is 1.56 bits per heavy atom. The third kappa shape index (κ3) is 4.66. The highest BCUT2D eigenvalue weighted by atomic mass is 79.9. The lowest BCUT2D eigenvalue weighted by molar-refractivity contribution is -0.0000208. The molecule has 32 heavy (non-hydrogen) atoms. The summed E-state index contributed by atoms with van der Waals surface area (Å²) >= 11 is 6.48. The fourth-order valence-corrected chi connectivity index (χ4v) is 8.59. The Morgan fingerprint density at radius 2 is 1.16 bits per heavy atom. The minimum atomic E-state index is -2.14. The third-order valence-corrected chi connectivity index (χ3v) is 10.2. The smallest absolute Gasteiger partial charge is 0.339 e. The summed E-state index contributed by atoms with van der Waals surface area (Å²) in [6.45, 7) is 0. The monoisotopic (exact) mass is 524 g/mol. The van der Waals surface area contributed by atoms with Gasteiger partial charge in [0.05, 0.1) is 23.9 Å². The van der Waals surface area contributed by atoms with Crippen molar-refractivity contribution in [2.75, 3.05) is 7.11 Å². The molecule has 0 saturated carbocycles. The van der Waals surface area contributed by atoms with Crippen molar-refractivity contribution < 1.29 is 26.5 Å². The molecule has 0 bridgehead atoms. The van der Waals surface area contributed by atoms with E-state index in [1.54, 1.807) is 6.07 Å². The summed E-state index contributed by atoms with van der Waals surface area (Å²) in [7, 11) is -0.746. The Balaban J connectivity index is 0.00000289. The summed E-state index contributed by atoms with van der Waals surface area (Å²) in [5, 5.41) is 4.17. The van der Waals surface area contributed by atoms with Crippen LogP contribution in [-0.4, -0.2) is 13.1 Å². The molecule has 0 amide bonds. The molecule has 4 aromatic carbocycles. The van der Waals surface area contributed by atoms with Crippen molar-refractivity contribution in [3.05, 3.63) is 125 Å². The predicted octanol–water partition coefficient (Wildman–Crippen LogP) is 2.62. The normalized spacial score (nSPS) is 10.8. The molecule has 0 saturated heterocycles. The number of hydrogen-bond donors (Lipinski definition) is 0. The minimum Gasteiger partial charge on any atom is -1.00 e. The van der Waals surface area contributed by atoms with E-state index in [0.29, 0.717) is 16.7 Å². The molecular weight excluding hydrogens is 503 g/mol. The van der Waals surface area contributed by atoms with Gasteiger partial charge in [0.25, 0.3) is 0 Å². The van der Waals surface area contributed by atoms with Gasteiger partial charge in [-0.3, -0.25) is 0 Å². The van der Waals surface area contributed by atoms with Crippen LogP contribution in [0.4, 0.5) is 0 Å². The lowest BCUT2D eigenvalue weighted by Gasteiger charge is -2.28. The summed E-state index contributed by atoms with van der Waals surface area (Å²) in [4.78, 5) is 12.7. The van der Waals surface area contributed by atoms with Crippen LogP contribution in [0, 0.1) is 0 Å². The maximum absolute atomic E-state index is 12.7. The van der Waals surface area contributed by atoms with Gasteiger partial charge in [0.2, 0.25) is 0 Å². The van der Waals surface area contributed by atoms with E-state index >= 15 is 0 Å². The van der Waals surface area contributed by atoms with Crippen LogP contribution >= 0.6 is 18.9 Å². The topological polar surface area (TPSA) is 26.3 Å². The molecule has 4 rings (SSSR count). The second-order valence-corrected chi connectivity index (χ2v) is 11.1. The van der Waals surface area contributed by atoms with Gasteiger partial charge in [-0.15, -0.1) is 0 Å². The van der Waals surface area contributed by atoms with Crippen LogP contribution < -0.4 is 32.9 Å². The molecule has 0 aliphatic rings. The first kappa shape index (κ1) is 24.2. The molecule has 0 aromatic heterocycles. The maximum atomic E-state index is 12.7. The first-order valence-corrected chi connectivity index (χ1v) is 12.4. The molecular formula is C27H23BrClO2P. The highest BCUT2D eigenvalue weighted by Crippen LogP contribution is 2.58. The van der Waals surface area contributed by atoms with E-state index in [-0.39, 0.29) is 17.0 Å². The average Bonchev–Trinajstić information content (AvgIpc) is 2.84. The van der Waals surface area contributed by atoms with Crippen molar-refractivity contribution in [2.24, 2.45) is 0 Å². The van der Waals surface area contributed by atoms with Gasteiger partial charge in [0.15, 0.2) is 0 Å². The fourth-order valence-electron chi connectivity index (χ4n) is 4.06. The van der Waals surface area contributed by atoms with Crippen LogP contribution in [0.3, 0.4) is 0 Å². The first-order chi connectivity index (χ1) is 15.2. The Morgan fingerprint density at radius 1 is 0.719 bits per heavy atom. The summed E-state index contributed by atoms with van der Waals surface area (Å²) in [5.41, 5.74) is 1.34. The summed E-state index contributed by atoms with van der Waals surface area (Å²) in [5.74, 6) is -0.409. The fraction of sp³-hybridized carbons (Fsp3) is 0.0741. The highest BCUT2D eigenvalue weighted by molar-refractivity contribution is 7.95. The number of benzene rings is 4. The van der Waals surface area contributed by atoms with Crippen molar-refractivity contribution in [3.8, 4) is 0 Å². The minimum absolute atomic E-state index is 0. The van der Waals surface area contributed by atoms with Gasteiger partial charge < -0.3 is 21.7 Å². The van der Waals surface area contributed by atoms with Crippen molar-refractivity contribution in [2.45, 2.75) is 6.16 Å². The molecule has 0 unspecified atom stereocenters. The zero-order chi connectivity index (χ0) is 21.7. The zero-order valence-electron chi connectivity index (χ0n) is 17.6. The number of methoxy groups -OCH3 is 1. The molecule has 0 atom stereocenters. The Kier molecular flexibility index (Phi) is 8.26. The number of halogens is 2. The van der Waals surface area contributed by atoms with E-state index < -0.39 is 13.2 Å². The van der Waals surface area contributed by atoms with Crippen LogP contribution in [-0.2, 0) is 10.9 Å². The van der Waals surface area contributed by atoms with Crippen molar-refractivity contribution in [1.29, 1.82) is 0 Å². The molecule has 4 aromatic rings. The Bertz CT molecular complexity index is 1070. The van der Waals surface area contributed by atoms with Gasteiger partial charge in [-0.25, -0.2) is 4.79 Å². The number of carbonyl (C=O) groups is 1. The maximum Gasteiger partial charge on any atom is 0.339 e. The average molecular weight is 526 g/mol. The SMILES string of the molecule is COC(=O)c1c(Cl)cccc1C[P+](c1ccccc1)(c1ccccc1)c1ccccc1.[Br-]. The van der Waals surface area contributed by atoms with E-state index in [0.717, 1.165) is 5.56 Å². The number of rotatable bonds is 6. The standard InChI is InChI=1S/C27H23ClO2P.BrH/c1-30-27(29)26-21(12-11-19-25(26)28)20-31(22-13-5-2-6-14-22,23-15-7-3-8-16-23)24-17-9-4-10-18-24;/h2-19H,20H2,1H3;1H/q+1;/p-1. The van der Waals surface area contributed by atoms with Crippen LogP contribution in [0.1, 0.15) is 15.9 Å². The van der Waals surface area contributed by atoms with Crippen molar-refractivity contribution in [3.63, 3.8) is 0 Å². The molecule has 0 radical (unpaired) electrons. The van der Waals surface area contributed by atoms with Gasteiger partial charge >= 0.3 is 5.97 Å². The number of esters is 1. The van der Waals surface area contributed by atoms with Gasteiger partial charge in [0, 0.05) is 5.56 Å². The summed E-state index contributed by atoms with van der Waals surface area (Å²) < 4.78 is 5.08. The summed E-state index contributed by atoms with van der Waals surface area (Å²) in [6.07, 6.45) is 0.663. The van der Waals surface area contributed by atoms with Crippen molar-refractivity contribution >= 4 is 40.7 Å². The lowest BCUT2D eigenvalue weighted by Crippen LogP contribution is -3.00. The van der Waals surface area contributed by atoms with Gasteiger partial charge in [-0.2, -0.15) is 0 Å². The van der Waals surface area contributed by atoms with E-state index in [4.69, 9.17) is 16.3 Å². The first-order valence-electron chi connectivity index (χ1n) is 10.1. The van der Waals surface area contributed by atoms with E-state index in [2.05, 4.69) is 72.8 Å². The Labute approximate surface area is 205 Å². The van der Waals surface area contributed by atoms with Gasteiger partial charge in [-0.1, -0.05) is 78.3 Å². The quantitative estimate of drug-likeness (QED) is 0.286. The molecule has 0 spiro atoms. The molecule has 0 N–H and O–H groups in total. The van der Waals surface area contributed by atoms with Crippen LogP contribution in [0.15, 0.2) is 109 Å². The highest BCUT2D eigenvalue weighted by Gasteiger charge is 2.46. The van der Waals surface area contributed by atoms with E-state index in [1.807, 2.05) is 30.3 Å². The van der Waals surface area contributed by atoms with E-state index in [9.17, 15) is 4.79 Å². The largest absolute Gasteiger partial charge is 1.00 e. The molecule has 0 fully saturated rings. The number of ether oxygens (including phenoxy) is 1. The third-order valence-electron chi connectivity index (χ3n) is 5.49. The second-order valence-electron chi connectivity index (χ2n) is 7.24. The molecule has 5 heteroatoms. The Hall–Kier alpha value is -2.45. The van der Waals surface area contributed by atoms with Gasteiger partial charge in [-0.05, 0) is 42.5 Å². The van der Waals surface area contributed by atoms with Crippen LogP contribution in [0.25, 0.3) is 0 Å². The molecule has 0 aliphatic carbocycles. The van der Waals surface area contributed by atoms with Crippen LogP contribution in [0.2, 0.25) is 5.02 Å². The van der Waals surface area contributed by atoms with E-state index in [1.165, 1.54) is 23.0 Å². The summed E-state index contributed by atoms with van der Waals surface area (Å²) in [6, 6.07) is 37.4. The van der Waals surface area contributed by atoms with Crippen molar-refractivity contribution in [1.82, 2.24) is 0 Å². The predicted molar refractivity (Wildman–Crippen MR) is 132 cm³/mol. The second kappa shape index (κ2) is 10.9. The number of hydrogen-bond acceptors (Lipinski definition) is 2. The molecule has 0 heterocycles. The number of carbonyl (C=O) groups excluding carboxylic acids is 1. The molecule has 0 aliphatic heterocycles. The van der Waals surface area contributed by atoms with Crippen LogP contribution in [0.5, 0.6) is 0 Å². The van der Waals surface area contributed by atoms with Gasteiger partial charge in [0.1, 0.15) is 23.2 Å². The zero-order valence-corrected chi connectivity index (χ0v) is 20.9. The molecule has 162 valence electrons.